The average Bonchev–Trinajstić information content (AvgIpc) is 3.33. The summed E-state index contributed by atoms with van der Waals surface area (Å²) < 4.78 is 27.2. The van der Waals surface area contributed by atoms with Crippen LogP contribution in [0.15, 0.2) is 44.4 Å². The highest BCUT2D eigenvalue weighted by Gasteiger charge is 2.37. The van der Waals surface area contributed by atoms with Crippen LogP contribution in [0, 0.1) is 17.0 Å². The van der Waals surface area contributed by atoms with Gasteiger partial charge in [0.1, 0.15) is 18.1 Å². The minimum Gasteiger partial charge on any atom is -0.330 e. The van der Waals surface area contributed by atoms with E-state index in [4.69, 9.17) is 0 Å². The van der Waals surface area contributed by atoms with Crippen LogP contribution in [0.5, 0.6) is 0 Å². The number of H-pyrrole nitrogens is 1. The predicted octanol–water partition coefficient (Wildman–Crippen LogP) is -0.669. The molecule has 4 rings (SSSR count). The van der Waals surface area contributed by atoms with E-state index >= 15 is 0 Å². The average molecular weight is 536 g/mol. The Morgan fingerprint density at radius 1 is 1.17 bits per heavy atom. The highest BCUT2D eigenvalue weighted by atomic mass is 32.2. The van der Waals surface area contributed by atoms with Gasteiger partial charge in [-0.1, -0.05) is 11.3 Å². The maximum Gasteiger partial charge on any atom is 0.328 e. The summed E-state index contributed by atoms with van der Waals surface area (Å²) in [5.41, 5.74) is -0.874. The molecule has 1 fully saturated rings. The van der Waals surface area contributed by atoms with Crippen molar-refractivity contribution in [1.82, 2.24) is 29.0 Å². The van der Waals surface area contributed by atoms with Gasteiger partial charge in [-0.25, -0.2) is 9.10 Å². The van der Waals surface area contributed by atoms with E-state index in [0.717, 1.165) is 9.47 Å². The summed E-state index contributed by atoms with van der Waals surface area (Å²) in [4.78, 5) is 62.1. The van der Waals surface area contributed by atoms with Crippen LogP contribution < -0.4 is 11.2 Å². The minimum atomic E-state index is -4.36. The molecule has 2 aromatic heterocycles. The molecule has 3 aromatic rings. The van der Waals surface area contributed by atoms with Crippen LogP contribution in [0.2, 0.25) is 0 Å². The number of nitrogens with one attached hydrogen (secondary N) is 1. The van der Waals surface area contributed by atoms with Gasteiger partial charge in [0.05, 0.1) is 11.5 Å². The third kappa shape index (κ3) is 4.78. The number of amides is 2. The quantitative estimate of drug-likeness (QED) is 0.312. The van der Waals surface area contributed by atoms with Gasteiger partial charge in [-0.05, 0) is 19.1 Å². The summed E-state index contributed by atoms with van der Waals surface area (Å²) in [6, 6.07) is 5.29. The van der Waals surface area contributed by atoms with Crippen molar-refractivity contribution in [3.63, 3.8) is 0 Å². The van der Waals surface area contributed by atoms with E-state index in [1.807, 2.05) is 0 Å². The first-order valence-corrected chi connectivity index (χ1v) is 12.4. The number of nitrogens with zero attached hydrogens (tertiary/aromatic N) is 6. The molecule has 1 aliphatic heterocycles. The van der Waals surface area contributed by atoms with Gasteiger partial charge in [0.25, 0.3) is 31.5 Å². The Morgan fingerprint density at radius 2 is 1.86 bits per heavy atom. The van der Waals surface area contributed by atoms with E-state index in [1.54, 1.807) is 0 Å². The van der Waals surface area contributed by atoms with Crippen molar-refractivity contribution in [3.05, 3.63) is 67.0 Å². The second-order valence-corrected chi connectivity index (χ2v) is 10.7. The second-order valence-electron chi connectivity index (χ2n) is 7.66. The number of non-ortho nitro benzene ring substituents is 1. The van der Waals surface area contributed by atoms with Crippen molar-refractivity contribution >= 4 is 38.9 Å². The number of benzene rings is 1. The molecule has 0 radical (unpaired) electrons. The third-order valence-electron chi connectivity index (χ3n) is 5.27. The fraction of sp³-hybridized carbons (Fsp3) is 0.263. The molecule has 1 N–H and O–H groups in total. The predicted molar refractivity (Wildman–Crippen MR) is 124 cm³/mol. The molecule has 3 heterocycles. The molecule has 0 aliphatic carbocycles. The number of hydrogen-bond donors (Lipinski definition) is 1. The number of sulfonamides is 1. The summed E-state index contributed by atoms with van der Waals surface area (Å²) in [6.45, 7) is 0.0371. The molecule has 0 saturated carbocycles. The standard InChI is InChI=1S/C19H17N7O8S2/c1-11-8-24(18(30)20-16(11)29)9-14(27)23-6-7-25(15(28)10-23)36(33,34)19-22-21-17(35-19)12-2-4-13(5-3-12)26(31)32/h2-5,8H,6-7,9-10H2,1H3,(H,20,29,30). The summed E-state index contributed by atoms with van der Waals surface area (Å²) in [5, 5.41) is 18.5. The lowest BCUT2D eigenvalue weighted by molar-refractivity contribution is -0.384. The van der Waals surface area contributed by atoms with Crippen LogP contribution in [0.3, 0.4) is 0 Å². The van der Waals surface area contributed by atoms with Crippen LogP contribution in [-0.4, -0.2) is 73.7 Å². The molecule has 17 heteroatoms. The summed E-state index contributed by atoms with van der Waals surface area (Å²) in [7, 11) is -4.36. The van der Waals surface area contributed by atoms with Gasteiger partial charge in [0.2, 0.25) is 5.91 Å². The normalized spacial score (nSPS) is 14.2. The summed E-state index contributed by atoms with van der Waals surface area (Å²) in [5.74, 6) is -1.47. The smallest absolute Gasteiger partial charge is 0.328 e. The van der Waals surface area contributed by atoms with Crippen LogP contribution >= 0.6 is 11.3 Å². The van der Waals surface area contributed by atoms with Crippen LogP contribution in [0.4, 0.5) is 5.69 Å². The van der Waals surface area contributed by atoms with Crippen LogP contribution in [-0.2, 0) is 26.2 Å². The van der Waals surface area contributed by atoms with Crippen LogP contribution in [0.1, 0.15) is 5.56 Å². The molecule has 36 heavy (non-hydrogen) atoms. The Kier molecular flexibility index (Phi) is 6.51. The van der Waals surface area contributed by atoms with E-state index in [1.165, 1.54) is 37.4 Å². The number of aromatic nitrogens is 4. The Labute approximate surface area is 205 Å². The first-order valence-electron chi connectivity index (χ1n) is 10.2. The van der Waals surface area contributed by atoms with E-state index in [2.05, 4.69) is 15.2 Å². The molecule has 0 atom stereocenters. The fourth-order valence-corrected chi connectivity index (χ4v) is 5.85. The van der Waals surface area contributed by atoms with Crippen LogP contribution in [0.25, 0.3) is 10.6 Å². The number of hydrogen-bond acceptors (Lipinski definition) is 11. The number of nitro groups is 1. The largest absolute Gasteiger partial charge is 0.330 e. The maximum absolute atomic E-state index is 13.0. The molecular weight excluding hydrogens is 518 g/mol. The SMILES string of the molecule is Cc1cn(CC(=O)N2CCN(S(=O)(=O)c3nnc(-c4ccc([N+](=O)[O-])cc4)s3)C(=O)C2)c(=O)[nH]c1=O. The number of aryl methyl sites for hydroxylation is 1. The number of nitro benzene ring substituents is 1. The van der Waals surface area contributed by atoms with Gasteiger partial charge in [0, 0.05) is 36.0 Å². The van der Waals surface area contributed by atoms with Gasteiger partial charge in [-0.3, -0.25) is 34.0 Å². The number of aromatic amines is 1. The molecule has 15 nitrogen and oxygen atoms in total. The Bertz CT molecular complexity index is 1590. The number of piperazine rings is 1. The van der Waals surface area contributed by atoms with Gasteiger partial charge in [-0.2, -0.15) is 8.42 Å². The highest BCUT2D eigenvalue weighted by Crippen LogP contribution is 2.29. The van der Waals surface area contributed by atoms with Crippen molar-refractivity contribution in [2.75, 3.05) is 19.6 Å². The van der Waals surface area contributed by atoms with Crippen molar-refractivity contribution in [2.24, 2.45) is 0 Å². The van der Waals surface area contributed by atoms with Gasteiger partial charge >= 0.3 is 5.69 Å². The fourth-order valence-electron chi connectivity index (χ4n) is 3.36. The molecule has 1 saturated heterocycles. The number of carbonyl (C=O) groups is 2. The van der Waals surface area contributed by atoms with Crippen molar-refractivity contribution < 1.29 is 22.9 Å². The molecular formula is C19H17N7O8S2. The molecule has 0 unspecified atom stereocenters. The van der Waals surface area contributed by atoms with Crippen molar-refractivity contribution in [2.45, 2.75) is 17.8 Å². The monoisotopic (exact) mass is 535 g/mol. The molecule has 1 aromatic carbocycles. The minimum absolute atomic E-state index is 0.116. The van der Waals surface area contributed by atoms with Gasteiger partial charge < -0.3 is 4.90 Å². The topological polar surface area (TPSA) is 199 Å². The Hall–Kier alpha value is -4.25. The zero-order valence-electron chi connectivity index (χ0n) is 18.5. The van der Waals surface area contributed by atoms with Gasteiger partial charge in [0.15, 0.2) is 0 Å². The molecule has 0 bridgehead atoms. The molecule has 1 aliphatic rings. The van der Waals surface area contributed by atoms with E-state index in [0.29, 0.717) is 21.2 Å². The summed E-state index contributed by atoms with van der Waals surface area (Å²) in [6.07, 6.45) is 1.22. The Morgan fingerprint density at radius 3 is 2.50 bits per heavy atom. The Balaban J connectivity index is 1.46. The van der Waals surface area contributed by atoms with E-state index in [9.17, 15) is 37.7 Å². The van der Waals surface area contributed by atoms with Gasteiger partial charge in [-0.15, -0.1) is 10.2 Å². The summed E-state index contributed by atoms with van der Waals surface area (Å²) >= 11 is 0.694. The van der Waals surface area contributed by atoms with Crippen molar-refractivity contribution in [1.29, 1.82) is 0 Å². The van der Waals surface area contributed by atoms with E-state index in [-0.39, 0.29) is 29.3 Å². The zero-order chi connectivity index (χ0) is 26.2. The third-order valence-corrected chi connectivity index (χ3v) is 8.41. The zero-order valence-corrected chi connectivity index (χ0v) is 20.1. The molecule has 188 valence electrons. The first kappa shape index (κ1) is 24.9. The maximum atomic E-state index is 13.0. The lowest BCUT2D eigenvalue weighted by Crippen LogP contribution is -2.54. The molecule has 0 spiro atoms. The first-order chi connectivity index (χ1) is 17.0. The van der Waals surface area contributed by atoms with Crippen molar-refractivity contribution in [3.8, 4) is 10.6 Å². The van der Waals surface area contributed by atoms with E-state index < -0.39 is 55.4 Å². The highest BCUT2D eigenvalue weighted by molar-refractivity contribution is 7.91. The second kappa shape index (κ2) is 9.42. The molecule has 2 amide bonds. The lowest BCUT2D eigenvalue weighted by atomic mass is 10.2. The lowest BCUT2D eigenvalue weighted by Gasteiger charge is -2.33. The number of carbonyl (C=O) groups excluding carboxylic acids is 2. The number of rotatable bonds is 6.